The second kappa shape index (κ2) is 5.42. The Hall–Kier alpha value is -1.83. The van der Waals surface area contributed by atoms with Gasteiger partial charge in [0.2, 0.25) is 0 Å². The van der Waals surface area contributed by atoms with E-state index >= 15 is 0 Å². The number of rotatable bonds is 3. The first kappa shape index (κ1) is 13.8. The summed E-state index contributed by atoms with van der Waals surface area (Å²) < 4.78 is 21.9. The number of fused-ring (bicyclic) bond motifs is 1. The van der Waals surface area contributed by atoms with Crippen molar-refractivity contribution in [1.29, 1.82) is 0 Å². The number of halogens is 1. The molecule has 0 unspecified atom stereocenters. The van der Waals surface area contributed by atoms with Crippen LogP contribution in [-0.2, 0) is 4.74 Å². The number of ether oxygens (including phenoxy) is 1. The SMILES string of the molecule is OC[C@@H]1CC[C@H](n2cc(F)c3c(-c4cccs4)ncnc32)O1. The van der Waals surface area contributed by atoms with Crippen molar-refractivity contribution in [2.45, 2.75) is 25.2 Å². The van der Waals surface area contributed by atoms with Crippen molar-refractivity contribution in [3.8, 4) is 10.6 Å². The average Bonchev–Trinajstić information content (AvgIpc) is 3.27. The molecule has 0 spiro atoms. The molecular formula is C15H14FN3O2S. The van der Waals surface area contributed by atoms with E-state index in [0.29, 0.717) is 16.7 Å². The molecule has 3 aromatic heterocycles. The maximum Gasteiger partial charge on any atom is 0.152 e. The van der Waals surface area contributed by atoms with Gasteiger partial charge >= 0.3 is 0 Å². The normalized spacial score (nSPS) is 21.7. The third-order valence-electron chi connectivity index (χ3n) is 3.92. The monoisotopic (exact) mass is 319 g/mol. The summed E-state index contributed by atoms with van der Waals surface area (Å²) in [5.74, 6) is -0.352. The molecule has 2 atom stereocenters. The number of hydrogen-bond donors (Lipinski definition) is 1. The smallest absolute Gasteiger partial charge is 0.152 e. The Morgan fingerprint density at radius 3 is 3.05 bits per heavy atom. The van der Waals surface area contributed by atoms with E-state index in [1.165, 1.54) is 23.9 Å². The van der Waals surface area contributed by atoms with Gasteiger partial charge in [0, 0.05) is 6.20 Å². The maximum absolute atomic E-state index is 14.5. The van der Waals surface area contributed by atoms with Gasteiger partial charge in [-0.2, -0.15) is 0 Å². The minimum absolute atomic E-state index is 0.0202. The van der Waals surface area contributed by atoms with Crippen molar-refractivity contribution < 1.29 is 14.2 Å². The second-order valence-corrected chi connectivity index (χ2v) is 6.20. The Balaban J connectivity index is 1.84. The lowest BCUT2D eigenvalue weighted by atomic mass is 10.2. The van der Waals surface area contributed by atoms with Gasteiger partial charge in [0.25, 0.3) is 0 Å². The van der Waals surface area contributed by atoms with Gasteiger partial charge in [0.05, 0.1) is 28.7 Å². The first-order valence-corrected chi connectivity index (χ1v) is 7.97. The minimum atomic E-state index is -0.352. The number of aliphatic hydroxyl groups is 1. The van der Waals surface area contributed by atoms with Crippen molar-refractivity contribution in [3.05, 3.63) is 35.9 Å². The fourth-order valence-corrected chi connectivity index (χ4v) is 3.61. The maximum atomic E-state index is 14.5. The first-order chi connectivity index (χ1) is 10.8. The highest BCUT2D eigenvalue weighted by Gasteiger charge is 2.29. The van der Waals surface area contributed by atoms with Crippen LogP contribution in [0.3, 0.4) is 0 Å². The highest BCUT2D eigenvalue weighted by Crippen LogP contribution is 2.36. The molecule has 1 fully saturated rings. The molecule has 114 valence electrons. The lowest BCUT2D eigenvalue weighted by Crippen LogP contribution is -2.14. The number of thiophene rings is 1. The van der Waals surface area contributed by atoms with E-state index in [9.17, 15) is 9.50 Å². The van der Waals surface area contributed by atoms with Crippen LogP contribution in [0, 0.1) is 5.82 Å². The van der Waals surface area contributed by atoms with Crippen LogP contribution in [0.4, 0.5) is 4.39 Å². The zero-order chi connectivity index (χ0) is 15.1. The molecule has 1 N–H and O–H groups in total. The van der Waals surface area contributed by atoms with Gasteiger partial charge in [-0.05, 0) is 24.3 Å². The van der Waals surface area contributed by atoms with E-state index in [2.05, 4.69) is 9.97 Å². The van der Waals surface area contributed by atoms with Crippen LogP contribution >= 0.6 is 11.3 Å². The molecule has 1 aliphatic rings. The quantitative estimate of drug-likeness (QED) is 0.806. The Bertz CT molecular complexity index is 803. The van der Waals surface area contributed by atoms with E-state index in [4.69, 9.17) is 4.74 Å². The fourth-order valence-electron chi connectivity index (χ4n) is 2.89. The molecule has 0 aromatic carbocycles. The largest absolute Gasteiger partial charge is 0.394 e. The molecule has 0 saturated carbocycles. The van der Waals surface area contributed by atoms with Gasteiger partial charge in [-0.15, -0.1) is 11.3 Å². The Morgan fingerprint density at radius 1 is 1.41 bits per heavy atom. The van der Waals surface area contributed by atoms with Gasteiger partial charge in [0.15, 0.2) is 5.82 Å². The van der Waals surface area contributed by atoms with Crippen molar-refractivity contribution in [2.75, 3.05) is 6.61 Å². The molecule has 0 amide bonds. The summed E-state index contributed by atoms with van der Waals surface area (Å²) in [7, 11) is 0. The van der Waals surface area contributed by atoms with E-state index < -0.39 is 0 Å². The van der Waals surface area contributed by atoms with Crippen molar-refractivity contribution >= 4 is 22.4 Å². The number of aromatic nitrogens is 3. The van der Waals surface area contributed by atoms with Gasteiger partial charge in [-0.1, -0.05) is 6.07 Å². The zero-order valence-corrected chi connectivity index (χ0v) is 12.5. The molecular weight excluding hydrogens is 305 g/mol. The van der Waals surface area contributed by atoms with Crippen LogP contribution in [0.2, 0.25) is 0 Å². The molecule has 1 aliphatic heterocycles. The molecule has 4 heterocycles. The summed E-state index contributed by atoms with van der Waals surface area (Å²) in [4.78, 5) is 9.40. The van der Waals surface area contributed by atoms with Crippen LogP contribution in [-0.4, -0.2) is 32.4 Å². The van der Waals surface area contributed by atoms with Crippen LogP contribution in [0.15, 0.2) is 30.0 Å². The number of nitrogens with zero attached hydrogens (tertiary/aromatic N) is 3. The fraction of sp³-hybridized carbons (Fsp3) is 0.333. The molecule has 0 bridgehead atoms. The molecule has 1 saturated heterocycles. The Kier molecular flexibility index (Phi) is 3.40. The van der Waals surface area contributed by atoms with E-state index in [0.717, 1.165) is 17.7 Å². The van der Waals surface area contributed by atoms with E-state index in [1.807, 2.05) is 17.5 Å². The predicted molar refractivity (Wildman–Crippen MR) is 81.0 cm³/mol. The second-order valence-electron chi connectivity index (χ2n) is 5.26. The lowest BCUT2D eigenvalue weighted by Gasteiger charge is -2.14. The summed E-state index contributed by atoms with van der Waals surface area (Å²) in [6.45, 7) is -0.0202. The molecule has 5 nitrogen and oxygen atoms in total. The zero-order valence-electron chi connectivity index (χ0n) is 11.6. The third kappa shape index (κ3) is 2.13. The highest BCUT2D eigenvalue weighted by molar-refractivity contribution is 7.13. The standard InChI is InChI=1S/C15H14FN3O2S/c16-10-6-19(12-4-3-9(7-20)21-12)15-13(10)14(17-8-18-15)11-2-1-5-22-11/h1-2,5-6,8-9,12,20H,3-4,7H2/t9-,12+/m0/s1. The molecule has 0 aliphatic carbocycles. The minimum Gasteiger partial charge on any atom is -0.394 e. The Morgan fingerprint density at radius 2 is 2.32 bits per heavy atom. The molecule has 0 radical (unpaired) electrons. The Labute approximate surface area is 130 Å². The molecule has 3 aromatic rings. The van der Waals surface area contributed by atoms with Crippen molar-refractivity contribution in [2.24, 2.45) is 0 Å². The topological polar surface area (TPSA) is 60.2 Å². The van der Waals surface area contributed by atoms with E-state index in [1.54, 1.807) is 4.57 Å². The van der Waals surface area contributed by atoms with Gasteiger partial charge in [-0.25, -0.2) is 14.4 Å². The van der Waals surface area contributed by atoms with E-state index in [-0.39, 0.29) is 24.8 Å². The summed E-state index contributed by atoms with van der Waals surface area (Å²) in [6.07, 6.45) is 3.87. The average molecular weight is 319 g/mol. The lowest BCUT2D eigenvalue weighted by molar-refractivity contribution is -0.0206. The van der Waals surface area contributed by atoms with Gasteiger partial charge < -0.3 is 14.4 Å². The summed E-state index contributed by atoms with van der Waals surface area (Å²) in [6, 6.07) is 3.83. The molecule has 22 heavy (non-hydrogen) atoms. The summed E-state index contributed by atoms with van der Waals surface area (Å²) in [5, 5.41) is 11.5. The van der Waals surface area contributed by atoms with Gasteiger partial charge in [0.1, 0.15) is 18.2 Å². The molecule has 4 rings (SSSR count). The van der Waals surface area contributed by atoms with Crippen LogP contribution < -0.4 is 0 Å². The van der Waals surface area contributed by atoms with Gasteiger partial charge in [-0.3, -0.25) is 0 Å². The summed E-state index contributed by atoms with van der Waals surface area (Å²) >= 11 is 1.51. The van der Waals surface area contributed by atoms with Crippen molar-refractivity contribution in [1.82, 2.24) is 14.5 Å². The van der Waals surface area contributed by atoms with Crippen LogP contribution in [0.5, 0.6) is 0 Å². The highest BCUT2D eigenvalue weighted by atomic mass is 32.1. The van der Waals surface area contributed by atoms with Crippen molar-refractivity contribution in [3.63, 3.8) is 0 Å². The predicted octanol–water partition coefficient (Wildman–Crippen LogP) is 2.97. The third-order valence-corrected chi connectivity index (χ3v) is 4.79. The number of hydrogen-bond acceptors (Lipinski definition) is 5. The first-order valence-electron chi connectivity index (χ1n) is 7.09. The van der Waals surface area contributed by atoms with Crippen LogP contribution in [0.1, 0.15) is 19.1 Å². The summed E-state index contributed by atoms with van der Waals surface area (Å²) in [5.41, 5.74) is 1.13. The molecule has 7 heteroatoms. The van der Waals surface area contributed by atoms with Crippen LogP contribution in [0.25, 0.3) is 21.6 Å². The number of aliphatic hydroxyl groups excluding tert-OH is 1.